The molecule has 1 aromatic carbocycles. The normalized spacial score (nSPS) is 10.3. The van der Waals surface area contributed by atoms with E-state index in [1.54, 1.807) is 45.3 Å². The van der Waals surface area contributed by atoms with Crippen molar-refractivity contribution in [2.24, 2.45) is 7.05 Å². The van der Waals surface area contributed by atoms with Crippen LogP contribution in [0.15, 0.2) is 18.3 Å². The van der Waals surface area contributed by atoms with Crippen LogP contribution >= 0.6 is 0 Å². The minimum Gasteiger partial charge on any atom is -0.497 e. The number of ether oxygens (including phenoxy) is 3. The van der Waals surface area contributed by atoms with Crippen LogP contribution in [0.5, 0.6) is 17.2 Å². The first-order valence-corrected chi connectivity index (χ1v) is 5.70. The van der Waals surface area contributed by atoms with Gasteiger partial charge >= 0.3 is 0 Å². The SMILES string of the molecule is COc1cc(OC)c(OC)c(-c2cnn(C)c2N)c1. The molecule has 2 rings (SSSR count). The number of nitrogens with zero attached hydrogens (tertiary/aromatic N) is 2. The highest BCUT2D eigenvalue weighted by atomic mass is 16.5. The summed E-state index contributed by atoms with van der Waals surface area (Å²) in [6.07, 6.45) is 1.69. The van der Waals surface area contributed by atoms with Crippen molar-refractivity contribution in [1.82, 2.24) is 9.78 Å². The van der Waals surface area contributed by atoms with Crippen LogP contribution in [0.3, 0.4) is 0 Å². The molecule has 19 heavy (non-hydrogen) atoms. The standard InChI is InChI=1S/C13H17N3O3/c1-16-13(14)10(7-15-16)9-5-8(17-2)6-11(18-3)12(9)19-4/h5-7H,14H2,1-4H3. The summed E-state index contributed by atoms with van der Waals surface area (Å²) in [5.41, 5.74) is 7.56. The minimum atomic E-state index is 0.550. The van der Waals surface area contributed by atoms with Crippen molar-refractivity contribution in [1.29, 1.82) is 0 Å². The summed E-state index contributed by atoms with van der Waals surface area (Å²) in [6, 6.07) is 3.60. The Morgan fingerprint density at radius 1 is 1.05 bits per heavy atom. The molecule has 102 valence electrons. The lowest BCUT2D eigenvalue weighted by atomic mass is 10.1. The van der Waals surface area contributed by atoms with Gasteiger partial charge in [-0.05, 0) is 6.07 Å². The number of hydrogen-bond donors (Lipinski definition) is 1. The highest BCUT2D eigenvalue weighted by Crippen LogP contribution is 2.43. The summed E-state index contributed by atoms with van der Waals surface area (Å²) in [4.78, 5) is 0. The van der Waals surface area contributed by atoms with Crippen LogP contribution in [0, 0.1) is 0 Å². The molecule has 0 saturated carbocycles. The predicted octanol–water partition coefficient (Wildman–Crippen LogP) is 1.70. The molecule has 0 fully saturated rings. The number of methoxy groups -OCH3 is 3. The molecule has 0 spiro atoms. The molecule has 0 aliphatic carbocycles. The highest BCUT2D eigenvalue weighted by Gasteiger charge is 2.18. The molecule has 0 unspecified atom stereocenters. The van der Waals surface area contributed by atoms with Gasteiger partial charge in [-0.15, -0.1) is 0 Å². The Labute approximate surface area is 111 Å². The van der Waals surface area contributed by atoms with E-state index in [0.717, 1.165) is 11.1 Å². The lowest BCUT2D eigenvalue weighted by molar-refractivity contribution is 0.350. The molecule has 2 N–H and O–H groups in total. The quantitative estimate of drug-likeness (QED) is 0.909. The Hall–Kier alpha value is -2.37. The van der Waals surface area contributed by atoms with Gasteiger partial charge < -0.3 is 19.9 Å². The van der Waals surface area contributed by atoms with Crippen LogP contribution in [0.2, 0.25) is 0 Å². The van der Waals surface area contributed by atoms with E-state index in [1.165, 1.54) is 0 Å². The summed E-state index contributed by atoms with van der Waals surface area (Å²) >= 11 is 0. The van der Waals surface area contributed by atoms with E-state index >= 15 is 0 Å². The van der Waals surface area contributed by atoms with Crippen LogP contribution in [-0.4, -0.2) is 31.1 Å². The zero-order valence-corrected chi connectivity index (χ0v) is 11.4. The van der Waals surface area contributed by atoms with E-state index < -0.39 is 0 Å². The lowest BCUT2D eigenvalue weighted by Gasteiger charge is -2.14. The van der Waals surface area contributed by atoms with Crippen molar-refractivity contribution in [3.05, 3.63) is 18.3 Å². The third-order valence-corrected chi connectivity index (χ3v) is 2.96. The van der Waals surface area contributed by atoms with Crippen molar-refractivity contribution in [3.63, 3.8) is 0 Å². The average molecular weight is 263 g/mol. The minimum absolute atomic E-state index is 0.550. The van der Waals surface area contributed by atoms with Gasteiger partial charge in [-0.25, -0.2) is 0 Å². The maximum Gasteiger partial charge on any atom is 0.168 e. The zero-order valence-electron chi connectivity index (χ0n) is 11.4. The topological polar surface area (TPSA) is 71.5 Å². The molecular formula is C13H17N3O3. The van der Waals surface area contributed by atoms with Crippen LogP contribution in [0.4, 0.5) is 5.82 Å². The predicted molar refractivity (Wildman–Crippen MR) is 72.7 cm³/mol. The second kappa shape index (κ2) is 5.09. The monoisotopic (exact) mass is 263 g/mol. The van der Waals surface area contributed by atoms with Gasteiger partial charge in [0.05, 0.1) is 27.5 Å². The second-order valence-electron chi connectivity index (χ2n) is 3.98. The number of benzene rings is 1. The van der Waals surface area contributed by atoms with Crippen molar-refractivity contribution >= 4 is 5.82 Å². The number of rotatable bonds is 4. The molecule has 0 radical (unpaired) electrons. The molecule has 0 saturated heterocycles. The largest absolute Gasteiger partial charge is 0.497 e. The Morgan fingerprint density at radius 3 is 2.26 bits per heavy atom. The van der Waals surface area contributed by atoms with Gasteiger partial charge in [0.2, 0.25) is 0 Å². The number of nitrogens with two attached hydrogens (primary N) is 1. The maximum absolute atomic E-state index is 6.00. The first-order valence-electron chi connectivity index (χ1n) is 5.70. The molecule has 1 heterocycles. The molecule has 1 aromatic heterocycles. The molecular weight excluding hydrogens is 246 g/mol. The summed E-state index contributed by atoms with van der Waals surface area (Å²) in [6.45, 7) is 0. The summed E-state index contributed by atoms with van der Waals surface area (Å²) in [5.74, 6) is 2.40. The first-order chi connectivity index (χ1) is 9.12. The third-order valence-electron chi connectivity index (χ3n) is 2.96. The smallest absolute Gasteiger partial charge is 0.168 e. The maximum atomic E-state index is 6.00. The number of aryl methyl sites for hydroxylation is 1. The van der Waals surface area contributed by atoms with Crippen molar-refractivity contribution in [3.8, 4) is 28.4 Å². The van der Waals surface area contributed by atoms with Gasteiger partial charge in [-0.2, -0.15) is 5.10 Å². The third kappa shape index (κ3) is 2.16. The Kier molecular flexibility index (Phi) is 3.50. The Bertz CT molecular complexity index is 593. The van der Waals surface area contributed by atoms with E-state index in [1.807, 2.05) is 6.07 Å². The first kappa shape index (κ1) is 13.1. The lowest BCUT2D eigenvalue weighted by Crippen LogP contribution is -1.99. The number of aromatic nitrogens is 2. The summed E-state index contributed by atoms with van der Waals surface area (Å²) in [5, 5.41) is 4.13. The van der Waals surface area contributed by atoms with Gasteiger partial charge in [-0.3, -0.25) is 4.68 Å². The highest BCUT2D eigenvalue weighted by molar-refractivity contribution is 5.81. The fraction of sp³-hybridized carbons (Fsp3) is 0.308. The zero-order chi connectivity index (χ0) is 14.0. The number of nitrogen functional groups attached to an aromatic ring is 1. The van der Waals surface area contributed by atoms with Gasteiger partial charge in [0.15, 0.2) is 11.5 Å². The summed E-state index contributed by atoms with van der Waals surface area (Å²) in [7, 11) is 6.54. The van der Waals surface area contributed by atoms with Crippen LogP contribution in [0.25, 0.3) is 11.1 Å². The molecule has 2 aromatic rings. The van der Waals surface area contributed by atoms with E-state index in [0.29, 0.717) is 23.1 Å². The van der Waals surface area contributed by atoms with Crippen molar-refractivity contribution < 1.29 is 14.2 Å². The van der Waals surface area contributed by atoms with Gasteiger partial charge in [0.1, 0.15) is 11.6 Å². The fourth-order valence-corrected chi connectivity index (χ4v) is 1.91. The molecule has 0 amide bonds. The van der Waals surface area contributed by atoms with Gasteiger partial charge in [0, 0.05) is 24.2 Å². The average Bonchev–Trinajstić information content (AvgIpc) is 2.77. The number of hydrogen-bond acceptors (Lipinski definition) is 5. The van der Waals surface area contributed by atoms with Crippen LogP contribution < -0.4 is 19.9 Å². The van der Waals surface area contributed by atoms with E-state index in [9.17, 15) is 0 Å². The van der Waals surface area contributed by atoms with Gasteiger partial charge in [-0.1, -0.05) is 0 Å². The fourth-order valence-electron chi connectivity index (χ4n) is 1.91. The van der Waals surface area contributed by atoms with E-state index in [2.05, 4.69) is 5.10 Å². The molecule has 6 heteroatoms. The molecule has 0 aliphatic heterocycles. The molecule has 0 atom stereocenters. The van der Waals surface area contributed by atoms with Crippen LogP contribution in [-0.2, 0) is 7.05 Å². The molecule has 6 nitrogen and oxygen atoms in total. The van der Waals surface area contributed by atoms with Crippen LogP contribution in [0.1, 0.15) is 0 Å². The number of anilines is 1. The Balaban J connectivity index is 2.70. The molecule has 0 aliphatic rings. The second-order valence-corrected chi connectivity index (χ2v) is 3.98. The van der Waals surface area contributed by atoms with Gasteiger partial charge in [0.25, 0.3) is 0 Å². The van der Waals surface area contributed by atoms with E-state index in [4.69, 9.17) is 19.9 Å². The molecule has 0 bridgehead atoms. The summed E-state index contributed by atoms with van der Waals surface area (Å²) < 4.78 is 17.6. The van der Waals surface area contributed by atoms with Crippen molar-refractivity contribution in [2.45, 2.75) is 0 Å². The van der Waals surface area contributed by atoms with Crippen molar-refractivity contribution in [2.75, 3.05) is 27.1 Å². The Morgan fingerprint density at radius 2 is 1.79 bits per heavy atom. The van der Waals surface area contributed by atoms with E-state index in [-0.39, 0.29) is 0 Å².